The maximum Gasteiger partial charge on any atom is 0.214 e. The number of nitrogens with zero attached hydrogens (tertiary/aromatic N) is 1. The van der Waals surface area contributed by atoms with Gasteiger partial charge in [0.2, 0.25) is 6.41 Å². The predicted molar refractivity (Wildman–Crippen MR) is 88.2 cm³/mol. The molecule has 2 aromatic rings. The fourth-order valence-corrected chi connectivity index (χ4v) is 3.02. The second kappa shape index (κ2) is 5.48. The number of amides is 1. The van der Waals surface area contributed by atoms with Crippen LogP contribution in [0.15, 0.2) is 48.5 Å². The topological polar surface area (TPSA) is 29.5 Å². The Morgan fingerprint density at radius 2 is 1.91 bits per heavy atom. The molecule has 0 saturated carbocycles. The molecule has 114 valence electrons. The number of rotatable bonds is 4. The molecule has 0 fully saturated rings. The van der Waals surface area contributed by atoms with Gasteiger partial charge >= 0.3 is 0 Å². The first kappa shape index (κ1) is 14.6. The molecule has 0 saturated heterocycles. The van der Waals surface area contributed by atoms with Crippen LogP contribution in [0.25, 0.3) is 0 Å². The third-order valence-electron chi connectivity index (χ3n) is 4.76. The quantitative estimate of drug-likeness (QED) is 0.800. The SMILES string of the molecule is CC1N(C=O)c2ccc(OCc3ccccc3)cc2C1(C)C. The number of benzene rings is 2. The zero-order valence-corrected chi connectivity index (χ0v) is 13.2. The minimum absolute atomic E-state index is 0.0810. The molecule has 22 heavy (non-hydrogen) atoms. The normalized spacial score (nSPS) is 18.9. The largest absolute Gasteiger partial charge is 0.489 e. The highest BCUT2D eigenvalue weighted by Gasteiger charge is 2.42. The zero-order valence-electron chi connectivity index (χ0n) is 13.2. The Labute approximate surface area is 131 Å². The summed E-state index contributed by atoms with van der Waals surface area (Å²) in [5.41, 5.74) is 3.21. The fourth-order valence-electron chi connectivity index (χ4n) is 3.02. The first-order valence-corrected chi connectivity index (χ1v) is 7.59. The van der Waals surface area contributed by atoms with Gasteiger partial charge in [-0.05, 0) is 36.2 Å². The molecule has 1 atom stereocenters. The van der Waals surface area contributed by atoms with Gasteiger partial charge in [-0.2, -0.15) is 0 Å². The summed E-state index contributed by atoms with van der Waals surface area (Å²) in [6.07, 6.45) is 0.919. The molecular weight excluding hydrogens is 274 g/mol. The fraction of sp³-hybridized carbons (Fsp3) is 0.316. The van der Waals surface area contributed by atoms with Gasteiger partial charge in [0, 0.05) is 17.1 Å². The zero-order chi connectivity index (χ0) is 15.7. The van der Waals surface area contributed by atoms with Crippen LogP contribution < -0.4 is 9.64 Å². The van der Waals surface area contributed by atoms with Crippen LogP contribution in [0.2, 0.25) is 0 Å². The summed E-state index contributed by atoms with van der Waals surface area (Å²) in [5.74, 6) is 0.843. The van der Waals surface area contributed by atoms with Crippen molar-refractivity contribution in [2.24, 2.45) is 0 Å². The standard InChI is InChI=1S/C19H21NO2/c1-14-19(2,3)17-11-16(9-10-18(17)20(14)13-21)22-12-15-7-5-4-6-8-15/h4-11,13-14H,12H2,1-3H3. The van der Waals surface area contributed by atoms with Crippen LogP contribution in [0.1, 0.15) is 31.9 Å². The molecule has 0 aliphatic carbocycles. The molecule has 0 N–H and O–H groups in total. The predicted octanol–water partition coefficient (Wildman–Crippen LogP) is 3.91. The summed E-state index contributed by atoms with van der Waals surface area (Å²) in [7, 11) is 0. The second-order valence-corrected chi connectivity index (χ2v) is 6.36. The molecular formula is C19H21NO2. The highest BCUT2D eigenvalue weighted by molar-refractivity contribution is 5.83. The summed E-state index contributed by atoms with van der Waals surface area (Å²) < 4.78 is 5.91. The van der Waals surface area contributed by atoms with Crippen LogP contribution in [0.5, 0.6) is 5.75 Å². The molecule has 3 heteroatoms. The minimum atomic E-state index is -0.0810. The van der Waals surface area contributed by atoms with Crippen molar-refractivity contribution < 1.29 is 9.53 Å². The summed E-state index contributed by atoms with van der Waals surface area (Å²) >= 11 is 0. The number of carbonyl (C=O) groups is 1. The third kappa shape index (κ3) is 2.37. The molecule has 1 aliphatic heterocycles. The number of ether oxygens (including phenoxy) is 1. The van der Waals surface area contributed by atoms with E-state index in [1.165, 1.54) is 0 Å². The van der Waals surface area contributed by atoms with Crippen molar-refractivity contribution in [3.05, 3.63) is 59.7 Å². The van der Waals surface area contributed by atoms with Crippen LogP contribution in [-0.4, -0.2) is 12.5 Å². The van der Waals surface area contributed by atoms with E-state index < -0.39 is 0 Å². The molecule has 3 rings (SSSR count). The van der Waals surface area contributed by atoms with Crippen molar-refractivity contribution in [2.75, 3.05) is 4.90 Å². The first-order chi connectivity index (χ1) is 10.5. The molecule has 1 amide bonds. The summed E-state index contributed by atoms with van der Waals surface area (Å²) in [4.78, 5) is 13.2. The van der Waals surface area contributed by atoms with Crippen molar-refractivity contribution >= 4 is 12.1 Å². The van der Waals surface area contributed by atoms with Gasteiger partial charge in [-0.3, -0.25) is 4.79 Å². The maximum atomic E-state index is 11.4. The Bertz CT molecular complexity index is 679. The van der Waals surface area contributed by atoms with Crippen molar-refractivity contribution in [1.29, 1.82) is 0 Å². The van der Waals surface area contributed by atoms with Gasteiger partial charge in [-0.15, -0.1) is 0 Å². The first-order valence-electron chi connectivity index (χ1n) is 7.59. The summed E-state index contributed by atoms with van der Waals surface area (Å²) in [6, 6.07) is 16.2. The minimum Gasteiger partial charge on any atom is -0.489 e. The maximum absolute atomic E-state index is 11.4. The van der Waals surface area contributed by atoms with Gasteiger partial charge in [-0.25, -0.2) is 0 Å². The number of carbonyl (C=O) groups excluding carboxylic acids is 1. The lowest BCUT2D eigenvalue weighted by atomic mass is 9.81. The lowest BCUT2D eigenvalue weighted by Gasteiger charge is -2.27. The van der Waals surface area contributed by atoms with E-state index in [0.29, 0.717) is 6.61 Å². The molecule has 1 heterocycles. The average Bonchev–Trinajstić information content (AvgIpc) is 2.73. The molecule has 2 aromatic carbocycles. The van der Waals surface area contributed by atoms with Crippen LogP contribution in [-0.2, 0) is 16.8 Å². The van der Waals surface area contributed by atoms with E-state index in [1.54, 1.807) is 4.90 Å². The lowest BCUT2D eigenvalue weighted by Crippen LogP contribution is -2.37. The van der Waals surface area contributed by atoms with E-state index in [2.05, 4.69) is 26.8 Å². The molecule has 3 nitrogen and oxygen atoms in total. The van der Waals surface area contributed by atoms with E-state index in [9.17, 15) is 4.79 Å². The Morgan fingerprint density at radius 3 is 2.59 bits per heavy atom. The van der Waals surface area contributed by atoms with Gasteiger partial charge in [0.05, 0.1) is 0 Å². The number of hydrogen-bond donors (Lipinski definition) is 0. The van der Waals surface area contributed by atoms with Gasteiger partial charge < -0.3 is 9.64 Å². The molecule has 0 radical (unpaired) electrons. The Morgan fingerprint density at radius 1 is 1.18 bits per heavy atom. The molecule has 1 unspecified atom stereocenters. The third-order valence-corrected chi connectivity index (χ3v) is 4.76. The van der Waals surface area contributed by atoms with Crippen molar-refractivity contribution in [3.8, 4) is 5.75 Å². The Hall–Kier alpha value is -2.29. The van der Waals surface area contributed by atoms with Crippen LogP contribution >= 0.6 is 0 Å². The van der Waals surface area contributed by atoms with E-state index in [0.717, 1.165) is 29.0 Å². The van der Waals surface area contributed by atoms with Gasteiger partial charge in [0.1, 0.15) is 12.4 Å². The van der Waals surface area contributed by atoms with Crippen molar-refractivity contribution in [3.63, 3.8) is 0 Å². The highest BCUT2D eigenvalue weighted by Crippen LogP contribution is 2.45. The lowest BCUT2D eigenvalue weighted by molar-refractivity contribution is -0.107. The summed E-state index contributed by atoms with van der Waals surface area (Å²) in [5, 5.41) is 0. The van der Waals surface area contributed by atoms with Crippen LogP contribution in [0.4, 0.5) is 5.69 Å². The molecule has 0 spiro atoms. The monoisotopic (exact) mass is 295 g/mol. The smallest absolute Gasteiger partial charge is 0.214 e. The Kier molecular flexibility index (Phi) is 3.65. The van der Waals surface area contributed by atoms with E-state index in [4.69, 9.17) is 4.74 Å². The number of fused-ring (bicyclic) bond motifs is 1. The highest BCUT2D eigenvalue weighted by atomic mass is 16.5. The van der Waals surface area contributed by atoms with E-state index >= 15 is 0 Å². The molecule has 0 bridgehead atoms. The molecule has 0 aromatic heterocycles. The van der Waals surface area contributed by atoms with Gasteiger partial charge in [0.15, 0.2) is 0 Å². The Balaban J connectivity index is 1.85. The van der Waals surface area contributed by atoms with Crippen LogP contribution in [0, 0.1) is 0 Å². The van der Waals surface area contributed by atoms with Crippen molar-refractivity contribution in [1.82, 2.24) is 0 Å². The number of hydrogen-bond acceptors (Lipinski definition) is 2. The van der Waals surface area contributed by atoms with Gasteiger partial charge in [0.25, 0.3) is 0 Å². The number of anilines is 1. The van der Waals surface area contributed by atoms with E-state index in [1.807, 2.05) is 42.5 Å². The van der Waals surface area contributed by atoms with Crippen LogP contribution in [0.3, 0.4) is 0 Å². The van der Waals surface area contributed by atoms with E-state index in [-0.39, 0.29) is 11.5 Å². The average molecular weight is 295 g/mol. The summed E-state index contributed by atoms with van der Waals surface area (Å²) in [6.45, 7) is 6.97. The molecule has 1 aliphatic rings. The second-order valence-electron chi connectivity index (χ2n) is 6.36. The van der Waals surface area contributed by atoms with Crippen molar-refractivity contribution in [2.45, 2.75) is 38.8 Å². The van der Waals surface area contributed by atoms with Gasteiger partial charge in [-0.1, -0.05) is 44.2 Å².